The van der Waals surface area contributed by atoms with E-state index in [-0.39, 0.29) is 32.6 Å². The molecule has 0 radical (unpaired) electrons. The molecule has 0 saturated heterocycles. The number of hydrogen-bond acceptors (Lipinski definition) is 6. The maximum absolute atomic E-state index is 13.5. The summed E-state index contributed by atoms with van der Waals surface area (Å²) in [6.07, 6.45) is -2.10. The molecule has 0 fully saturated rings. The van der Waals surface area contributed by atoms with Crippen LogP contribution in [0.4, 0.5) is 23.7 Å². The van der Waals surface area contributed by atoms with E-state index in [1.54, 1.807) is 0 Å². The average Bonchev–Trinajstić information content (AvgIpc) is 3.29. The molecule has 2 aromatic rings. The van der Waals surface area contributed by atoms with E-state index in [1.807, 2.05) is 0 Å². The second kappa shape index (κ2) is 8.11. The number of halogens is 3. The van der Waals surface area contributed by atoms with E-state index in [2.05, 4.69) is 19.6 Å². The molecule has 1 atom stereocenters. The number of pyridine rings is 1. The molecule has 1 aliphatic rings. The van der Waals surface area contributed by atoms with Gasteiger partial charge in [-0.05, 0) is 45.1 Å². The van der Waals surface area contributed by atoms with Gasteiger partial charge in [-0.1, -0.05) is 6.92 Å². The molecule has 1 aliphatic carbocycles. The monoisotopic (exact) mass is 477 g/mol. The number of nitrogens with one attached hydrogen (secondary N) is 1. The predicted octanol–water partition coefficient (Wildman–Crippen LogP) is 3.77. The Morgan fingerprint density at radius 2 is 2.06 bits per heavy atom. The number of aliphatic hydroxyl groups is 1. The number of aromatic nitrogens is 2. The van der Waals surface area contributed by atoms with Crippen LogP contribution in [0.3, 0.4) is 0 Å². The number of nitrogens with two attached hydrogens (primary N) is 1. The van der Waals surface area contributed by atoms with Gasteiger partial charge in [0, 0.05) is 11.3 Å². The van der Waals surface area contributed by atoms with Crippen LogP contribution < -0.4 is 10.5 Å². The van der Waals surface area contributed by atoms with Crippen LogP contribution in [0.1, 0.15) is 54.7 Å². The molecule has 0 unspecified atom stereocenters. The van der Waals surface area contributed by atoms with Gasteiger partial charge in [0.25, 0.3) is 0 Å². The normalized spacial score (nSPS) is 16.0. The highest BCUT2D eigenvalue weighted by molar-refractivity contribution is 7.93. The van der Waals surface area contributed by atoms with Crippen molar-refractivity contribution in [1.82, 2.24) is 9.97 Å². The Morgan fingerprint density at radius 3 is 2.61 bits per heavy atom. The fraction of sp³-hybridized carbons (Fsp3) is 0.500. The number of urea groups is 1. The number of rotatable bonds is 4. The number of anilines is 1. The number of hydrogen-bond donors (Lipinski definition) is 3. The lowest BCUT2D eigenvalue weighted by Gasteiger charge is -2.19. The number of carbonyl (C=O) groups is 1. The van der Waals surface area contributed by atoms with Crippen LogP contribution >= 0.6 is 11.3 Å². The van der Waals surface area contributed by atoms with Crippen molar-refractivity contribution in [3.8, 4) is 0 Å². The third-order valence-corrected chi connectivity index (χ3v) is 7.88. The molecular formula is C18H22F3N5O3S2. The lowest BCUT2D eigenvalue weighted by Crippen LogP contribution is -2.21. The van der Waals surface area contributed by atoms with Gasteiger partial charge in [0.05, 0.1) is 11.9 Å². The summed E-state index contributed by atoms with van der Waals surface area (Å²) >= 11 is 0.835. The van der Waals surface area contributed by atoms with Crippen LogP contribution in [0.15, 0.2) is 14.8 Å². The Labute approximate surface area is 181 Å². The molecule has 2 heterocycles. The van der Waals surface area contributed by atoms with Gasteiger partial charge in [-0.2, -0.15) is 13.2 Å². The van der Waals surface area contributed by atoms with Gasteiger partial charge in [-0.3, -0.25) is 0 Å². The topological polar surface area (TPSA) is 131 Å². The molecule has 4 N–H and O–H groups in total. The lowest BCUT2D eigenvalue weighted by atomic mass is 10.0. The highest BCUT2D eigenvalue weighted by atomic mass is 32.2. The van der Waals surface area contributed by atoms with E-state index >= 15 is 0 Å². The fourth-order valence-corrected chi connectivity index (χ4v) is 5.39. The molecule has 13 heteroatoms. The summed E-state index contributed by atoms with van der Waals surface area (Å²) in [5, 5.41) is 18.3. The summed E-state index contributed by atoms with van der Waals surface area (Å²) in [4.78, 5) is 20.3. The largest absolute Gasteiger partial charge is 0.433 e. The van der Waals surface area contributed by atoms with Gasteiger partial charge >= 0.3 is 12.2 Å². The van der Waals surface area contributed by atoms with E-state index in [4.69, 9.17) is 5.14 Å². The number of aryl methyl sites for hydroxylation is 1. The molecule has 0 saturated carbocycles. The summed E-state index contributed by atoms with van der Waals surface area (Å²) in [7, 11) is -3.72. The van der Waals surface area contributed by atoms with Crippen LogP contribution in [0.25, 0.3) is 0 Å². The maximum atomic E-state index is 13.5. The highest BCUT2D eigenvalue weighted by Crippen LogP contribution is 2.39. The first kappa shape index (κ1) is 23.6. The number of fused-ring (bicyclic) bond motifs is 1. The molecule has 3 rings (SSSR count). The molecule has 0 aromatic carbocycles. The Balaban J connectivity index is 2.01. The Kier molecular flexibility index (Phi) is 6.17. The minimum atomic E-state index is -4.68. The van der Waals surface area contributed by atoms with Crippen molar-refractivity contribution in [2.45, 2.75) is 62.4 Å². The SMILES string of the molecule is CCc1c(C(F)(F)F)nc2c(c1NC(=O)N=[S@@](N)(=O)c1cnc(C(C)(C)O)s1)CCC2. The van der Waals surface area contributed by atoms with Crippen LogP contribution in [0, 0.1) is 0 Å². The average molecular weight is 478 g/mol. The van der Waals surface area contributed by atoms with Gasteiger partial charge < -0.3 is 10.4 Å². The molecule has 0 spiro atoms. The quantitative estimate of drug-likeness (QED) is 0.617. The minimum Gasteiger partial charge on any atom is -0.383 e. The van der Waals surface area contributed by atoms with Crippen molar-refractivity contribution in [2.24, 2.45) is 9.50 Å². The number of carbonyl (C=O) groups excluding carboxylic acids is 1. The van der Waals surface area contributed by atoms with E-state index in [0.717, 1.165) is 17.5 Å². The van der Waals surface area contributed by atoms with Crippen molar-refractivity contribution >= 4 is 33.0 Å². The van der Waals surface area contributed by atoms with Crippen LogP contribution in [-0.2, 0) is 41.0 Å². The van der Waals surface area contributed by atoms with Gasteiger partial charge in [0.2, 0.25) is 0 Å². The van der Waals surface area contributed by atoms with Crippen molar-refractivity contribution in [3.05, 3.63) is 33.7 Å². The maximum Gasteiger partial charge on any atom is 0.433 e. The second-order valence-electron chi connectivity index (χ2n) is 7.58. The summed E-state index contributed by atoms with van der Waals surface area (Å²) in [5.41, 5.74) is -1.69. The molecule has 0 bridgehead atoms. The van der Waals surface area contributed by atoms with Gasteiger partial charge in [0.1, 0.15) is 20.5 Å². The highest BCUT2D eigenvalue weighted by Gasteiger charge is 2.38. The van der Waals surface area contributed by atoms with Crippen LogP contribution in [-0.4, -0.2) is 25.3 Å². The number of alkyl halides is 3. The first-order chi connectivity index (χ1) is 14.2. The zero-order valence-corrected chi connectivity index (χ0v) is 18.7. The summed E-state index contributed by atoms with van der Waals surface area (Å²) in [5.74, 6) is 0. The molecule has 0 aliphatic heterocycles. The van der Waals surface area contributed by atoms with Gasteiger partial charge in [-0.25, -0.2) is 24.1 Å². The summed E-state index contributed by atoms with van der Waals surface area (Å²) in [6.45, 7) is 4.49. The van der Waals surface area contributed by atoms with Crippen molar-refractivity contribution in [1.29, 1.82) is 0 Å². The van der Waals surface area contributed by atoms with Gasteiger partial charge in [0.15, 0.2) is 9.92 Å². The third kappa shape index (κ3) is 4.89. The first-order valence-electron chi connectivity index (χ1n) is 9.40. The Morgan fingerprint density at radius 1 is 1.39 bits per heavy atom. The smallest absolute Gasteiger partial charge is 0.383 e. The van der Waals surface area contributed by atoms with Crippen molar-refractivity contribution in [2.75, 3.05) is 5.32 Å². The zero-order valence-electron chi connectivity index (χ0n) is 17.0. The van der Waals surface area contributed by atoms with E-state index in [9.17, 15) is 27.3 Å². The number of nitrogens with zero attached hydrogens (tertiary/aromatic N) is 3. The molecule has 31 heavy (non-hydrogen) atoms. The molecular weight excluding hydrogens is 455 g/mol. The number of thiazole rings is 1. The summed E-state index contributed by atoms with van der Waals surface area (Å²) in [6, 6.07) is -1.13. The fourth-order valence-electron chi connectivity index (χ4n) is 3.33. The second-order valence-corrected chi connectivity index (χ2v) is 10.6. The van der Waals surface area contributed by atoms with Crippen molar-refractivity contribution < 1.29 is 27.3 Å². The third-order valence-electron chi connectivity index (χ3n) is 4.69. The Bertz CT molecular complexity index is 1150. The molecule has 2 amide bonds. The standard InChI is InChI=1S/C18H22F3N5O3S2/c1-4-9-13(10-6-5-7-11(10)24-14(9)18(19,20)21)25-16(27)26-31(22,29)12-8-23-15(30-12)17(2,3)28/h8,28H,4-7H2,1-3H3,(H3,22,24,25,26,27,29)/t31-/m1/s1. The number of amides is 2. The minimum absolute atomic E-state index is 0.00256. The van der Waals surface area contributed by atoms with Crippen molar-refractivity contribution in [3.63, 3.8) is 0 Å². The Hall–Kier alpha value is -2.09. The van der Waals surface area contributed by atoms with Crippen LogP contribution in [0.5, 0.6) is 0 Å². The lowest BCUT2D eigenvalue weighted by molar-refractivity contribution is -0.141. The first-order valence-corrected chi connectivity index (χ1v) is 11.8. The van der Waals surface area contributed by atoms with Gasteiger partial charge in [-0.15, -0.1) is 15.7 Å². The van der Waals surface area contributed by atoms with Crippen LogP contribution in [0.2, 0.25) is 0 Å². The predicted molar refractivity (Wildman–Crippen MR) is 110 cm³/mol. The van der Waals surface area contributed by atoms with E-state index in [0.29, 0.717) is 24.8 Å². The summed E-state index contributed by atoms with van der Waals surface area (Å²) < 4.78 is 56.8. The molecule has 8 nitrogen and oxygen atoms in total. The molecule has 2 aromatic heterocycles. The molecule has 170 valence electrons. The van der Waals surface area contributed by atoms with E-state index in [1.165, 1.54) is 20.8 Å². The zero-order chi connectivity index (χ0) is 23.2. The van der Waals surface area contributed by atoms with E-state index < -0.39 is 33.4 Å².